The highest BCUT2D eigenvalue weighted by Crippen LogP contribution is 2.20. The third kappa shape index (κ3) is 4.22. The fraction of sp³-hybridized carbons (Fsp3) is 0.600. The normalized spacial score (nSPS) is 15.4. The highest BCUT2D eigenvalue weighted by atomic mass is 16.5. The molecule has 0 saturated heterocycles. The Hall–Kier alpha value is -1.60. The number of anilines is 1. The van der Waals surface area contributed by atoms with Gasteiger partial charge in [0, 0.05) is 13.2 Å². The minimum atomic E-state index is 0.489. The molecule has 19 heavy (non-hydrogen) atoms. The van der Waals surface area contributed by atoms with Crippen LogP contribution in [0.1, 0.15) is 43.4 Å². The van der Waals surface area contributed by atoms with E-state index in [0.29, 0.717) is 11.8 Å². The summed E-state index contributed by atoms with van der Waals surface area (Å²) in [7, 11) is 0. The molecule has 1 heterocycles. The highest BCUT2D eigenvalue weighted by molar-refractivity contribution is 5.42. The van der Waals surface area contributed by atoms with E-state index >= 15 is 0 Å². The summed E-state index contributed by atoms with van der Waals surface area (Å²) in [6.07, 6.45) is 6.52. The first-order valence-corrected chi connectivity index (χ1v) is 7.03. The molecule has 1 aromatic heterocycles. The van der Waals surface area contributed by atoms with Crippen LogP contribution in [0.25, 0.3) is 0 Å². The van der Waals surface area contributed by atoms with Crippen LogP contribution in [0.3, 0.4) is 0 Å². The van der Waals surface area contributed by atoms with Gasteiger partial charge in [0.1, 0.15) is 17.6 Å². The van der Waals surface area contributed by atoms with Crippen LogP contribution in [0.2, 0.25) is 0 Å². The van der Waals surface area contributed by atoms with Crippen molar-refractivity contribution in [1.29, 1.82) is 5.26 Å². The molecule has 0 radical (unpaired) electrons. The SMILES string of the molecule is Cc1ccc(NCCCOC2CCCC2)nc1C#N. The summed E-state index contributed by atoms with van der Waals surface area (Å²) >= 11 is 0. The molecule has 4 nitrogen and oxygen atoms in total. The molecule has 1 saturated carbocycles. The van der Waals surface area contributed by atoms with Crippen LogP contribution in [0.15, 0.2) is 12.1 Å². The third-order valence-electron chi connectivity index (χ3n) is 3.49. The number of aromatic nitrogens is 1. The minimum absolute atomic E-state index is 0.489. The minimum Gasteiger partial charge on any atom is -0.378 e. The van der Waals surface area contributed by atoms with E-state index < -0.39 is 0 Å². The van der Waals surface area contributed by atoms with E-state index in [1.807, 2.05) is 19.1 Å². The molecule has 0 bridgehead atoms. The number of aryl methyl sites for hydroxylation is 1. The Balaban J connectivity index is 1.66. The average Bonchev–Trinajstić information content (AvgIpc) is 2.93. The number of hydrogen-bond donors (Lipinski definition) is 1. The molecule has 0 aliphatic heterocycles. The lowest BCUT2D eigenvalue weighted by Crippen LogP contribution is -2.12. The number of hydrogen-bond acceptors (Lipinski definition) is 4. The van der Waals surface area contributed by atoms with Crippen molar-refractivity contribution in [3.63, 3.8) is 0 Å². The number of pyridine rings is 1. The summed E-state index contributed by atoms with van der Waals surface area (Å²) in [6, 6.07) is 5.93. The number of ether oxygens (including phenoxy) is 1. The fourth-order valence-electron chi connectivity index (χ4n) is 2.33. The monoisotopic (exact) mass is 259 g/mol. The quantitative estimate of drug-likeness (QED) is 0.798. The smallest absolute Gasteiger partial charge is 0.145 e. The Morgan fingerprint density at radius 1 is 1.42 bits per heavy atom. The lowest BCUT2D eigenvalue weighted by Gasteiger charge is -2.11. The summed E-state index contributed by atoms with van der Waals surface area (Å²) in [6.45, 7) is 3.52. The molecule has 102 valence electrons. The maximum Gasteiger partial charge on any atom is 0.145 e. The molecular weight excluding hydrogens is 238 g/mol. The van der Waals surface area contributed by atoms with Crippen molar-refractivity contribution in [3.8, 4) is 6.07 Å². The zero-order valence-corrected chi connectivity index (χ0v) is 11.5. The van der Waals surface area contributed by atoms with Crippen molar-refractivity contribution >= 4 is 5.82 Å². The molecule has 0 atom stereocenters. The summed E-state index contributed by atoms with van der Waals surface area (Å²) in [4.78, 5) is 4.25. The van der Waals surface area contributed by atoms with Crippen LogP contribution in [0.5, 0.6) is 0 Å². The fourth-order valence-corrected chi connectivity index (χ4v) is 2.33. The zero-order chi connectivity index (χ0) is 13.5. The highest BCUT2D eigenvalue weighted by Gasteiger charge is 2.14. The Labute approximate surface area is 114 Å². The molecule has 1 fully saturated rings. The van der Waals surface area contributed by atoms with Gasteiger partial charge in [-0.25, -0.2) is 4.98 Å². The summed E-state index contributed by atoms with van der Waals surface area (Å²) in [5, 5.41) is 12.1. The summed E-state index contributed by atoms with van der Waals surface area (Å²) < 4.78 is 5.79. The average molecular weight is 259 g/mol. The molecule has 0 amide bonds. The van der Waals surface area contributed by atoms with Gasteiger partial charge in [0.15, 0.2) is 0 Å². The molecule has 0 spiro atoms. The second kappa shape index (κ2) is 7.10. The van der Waals surface area contributed by atoms with Gasteiger partial charge >= 0.3 is 0 Å². The van der Waals surface area contributed by atoms with Crippen molar-refractivity contribution in [2.24, 2.45) is 0 Å². The lowest BCUT2D eigenvalue weighted by molar-refractivity contribution is 0.0583. The van der Waals surface area contributed by atoms with Crippen LogP contribution < -0.4 is 5.32 Å². The molecule has 1 N–H and O–H groups in total. The number of nitrogens with one attached hydrogen (secondary N) is 1. The van der Waals surface area contributed by atoms with Crippen LogP contribution >= 0.6 is 0 Å². The first-order valence-electron chi connectivity index (χ1n) is 7.03. The van der Waals surface area contributed by atoms with E-state index in [1.54, 1.807) is 0 Å². The van der Waals surface area contributed by atoms with E-state index in [9.17, 15) is 0 Å². The van der Waals surface area contributed by atoms with E-state index in [2.05, 4.69) is 16.4 Å². The van der Waals surface area contributed by atoms with Crippen molar-refractivity contribution < 1.29 is 4.74 Å². The summed E-state index contributed by atoms with van der Waals surface area (Å²) in [5.41, 5.74) is 1.41. The van der Waals surface area contributed by atoms with Gasteiger partial charge in [-0.05, 0) is 37.8 Å². The topological polar surface area (TPSA) is 57.9 Å². The van der Waals surface area contributed by atoms with Crippen molar-refractivity contribution in [2.75, 3.05) is 18.5 Å². The van der Waals surface area contributed by atoms with E-state index in [1.165, 1.54) is 25.7 Å². The molecule has 1 aromatic rings. The summed E-state index contributed by atoms with van der Waals surface area (Å²) in [5.74, 6) is 0.767. The van der Waals surface area contributed by atoms with Crippen molar-refractivity contribution in [3.05, 3.63) is 23.4 Å². The predicted molar refractivity (Wildman–Crippen MR) is 75.0 cm³/mol. The third-order valence-corrected chi connectivity index (χ3v) is 3.49. The van der Waals surface area contributed by atoms with E-state index in [0.717, 1.165) is 31.0 Å². The Morgan fingerprint density at radius 2 is 2.21 bits per heavy atom. The molecule has 0 aromatic carbocycles. The van der Waals surface area contributed by atoms with Gasteiger partial charge in [-0.1, -0.05) is 18.9 Å². The van der Waals surface area contributed by atoms with Gasteiger partial charge in [0.05, 0.1) is 6.10 Å². The van der Waals surface area contributed by atoms with Crippen LogP contribution in [-0.2, 0) is 4.74 Å². The zero-order valence-electron chi connectivity index (χ0n) is 11.5. The number of rotatable bonds is 6. The van der Waals surface area contributed by atoms with E-state index in [4.69, 9.17) is 10.00 Å². The van der Waals surface area contributed by atoms with Gasteiger partial charge < -0.3 is 10.1 Å². The second-order valence-electron chi connectivity index (χ2n) is 5.03. The first-order chi connectivity index (χ1) is 9.29. The Bertz CT molecular complexity index is 447. The molecule has 2 rings (SSSR count). The van der Waals surface area contributed by atoms with Crippen molar-refractivity contribution in [1.82, 2.24) is 4.98 Å². The standard InChI is InChI=1S/C15H21N3O/c1-12-7-8-15(18-14(12)11-16)17-9-4-10-19-13-5-2-3-6-13/h7-8,13H,2-6,9-10H2,1H3,(H,17,18). The number of nitrogens with zero attached hydrogens (tertiary/aromatic N) is 2. The van der Waals surface area contributed by atoms with Gasteiger partial charge in [-0.15, -0.1) is 0 Å². The number of nitriles is 1. The molecule has 1 aliphatic carbocycles. The predicted octanol–water partition coefficient (Wildman–Crippen LogP) is 3.02. The van der Waals surface area contributed by atoms with Gasteiger partial charge in [0.25, 0.3) is 0 Å². The van der Waals surface area contributed by atoms with E-state index in [-0.39, 0.29) is 0 Å². The van der Waals surface area contributed by atoms with Crippen LogP contribution in [-0.4, -0.2) is 24.2 Å². The van der Waals surface area contributed by atoms with Crippen LogP contribution in [0, 0.1) is 18.3 Å². The second-order valence-corrected chi connectivity index (χ2v) is 5.03. The van der Waals surface area contributed by atoms with Crippen LogP contribution in [0.4, 0.5) is 5.82 Å². The molecule has 1 aliphatic rings. The molecular formula is C15H21N3O. The Kier molecular flexibility index (Phi) is 5.17. The van der Waals surface area contributed by atoms with Gasteiger partial charge in [-0.2, -0.15) is 5.26 Å². The Morgan fingerprint density at radius 3 is 2.95 bits per heavy atom. The maximum absolute atomic E-state index is 8.91. The molecule has 0 unspecified atom stereocenters. The van der Waals surface area contributed by atoms with Gasteiger partial charge in [-0.3, -0.25) is 0 Å². The first kappa shape index (κ1) is 13.8. The molecule has 4 heteroatoms. The lowest BCUT2D eigenvalue weighted by atomic mass is 10.2. The largest absolute Gasteiger partial charge is 0.378 e. The maximum atomic E-state index is 8.91. The van der Waals surface area contributed by atoms with Gasteiger partial charge in [0.2, 0.25) is 0 Å². The van der Waals surface area contributed by atoms with Crippen molar-refractivity contribution in [2.45, 2.75) is 45.1 Å².